The van der Waals surface area contributed by atoms with E-state index in [4.69, 9.17) is 10.8 Å². The van der Waals surface area contributed by atoms with Gasteiger partial charge in [0.15, 0.2) is 0 Å². The topological polar surface area (TPSA) is 114 Å². The van der Waals surface area contributed by atoms with Gasteiger partial charge in [0, 0.05) is 0 Å². The van der Waals surface area contributed by atoms with E-state index in [1.807, 2.05) is 13.8 Å². The minimum atomic E-state index is -0.488. The van der Waals surface area contributed by atoms with Crippen LogP contribution in [0.25, 0.3) is 0 Å². The zero-order chi connectivity index (χ0) is 12.1. The summed E-state index contributed by atoms with van der Waals surface area (Å²) in [6.45, 7) is 3.87. The van der Waals surface area contributed by atoms with Gasteiger partial charge >= 0.3 is 0 Å². The Morgan fingerprint density at radius 3 is 2.69 bits per heavy atom. The largest absolute Gasteiger partial charge is 0.394 e. The van der Waals surface area contributed by atoms with Gasteiger partial charge in [-0.05, 0) is 22.7 Å². The van der Waals surface area contributed by atoms with Crippen molar-refractivity contribution in [3.8, 4) is 0 Å². The molecule has 0 radical (unpaired) electrons. The fourth-order valence-corrected chi connectivity index (χ4v) is 1.35. The van der Waals surface area contributed by atoms with Crippen LogP contribution in [0.2, 0.25) is 0 Å². The Hall–Kier alpha value is -1.63. The van der Waals surface area contributed by atoms with Gasteiger partial charge in [-0.3, -0.25) is 4.79 Å². The molecule has 1 atom stereocenters. The average Bonchev–Trinajstić information content (AvgIpc) is 2.62. The third kappa shape index (κ3) is 3.20. The third-order valence-electron chi connectivity index (χ3n) is 2.04. The Morgan fingerprint density at radius 1 is 1.56 bits per heavy atom. The number of nitrogens with two attached hydrogens (primary N) is 1. The van der Waals surface area contributed by atoms with Crippen LogP contribution in [0.15, 0.2) is 4.63 Å². The van der Waals surface area contributed by atoms with Crippen molar-refractivity contribution < 1.29 is 14.5 Å². The van der Waals surface area contributed by atoms with E-state index in [0.717, 1.165) is 0 Å². The molecule has 0 fully saturated rings. The number of hydrogen-bond donors (Lipinski definition) is 3. The van der Waals surface area contributed by atoms with E-state index in [1.165, 1.54) is 0 Å². The van der Waals surface area contributed by atoms with Gasteiger partial charge in [0.05, 0.1) is 12.6 Å². The summed E-state index contributed by atoms with van der Waals surface area (Å²) in [6, 6.07) is -0.316. The molecule has 0 aliphatic rings. The molecule has 1 aromatic rings. The van der Waals surface area contributed by atoms with Crippen LogP contribution in [0.5, 0.6) is 0 Å². The van der Waals surface area contributed by atoms with Crippen LogP contribution in [0.3, 0.4) is 0 Å². The lowest BCUT2D eigenvalue weighted by Gasteiger charge is -2.17. The molecule has 16 heavy (non-hydrogen) atoms. The number of nitrogen functional groups attached to an aromatic ring is 1. The maximum absolute atomic E-state index is 11.6. The second-order valence-electron chi connectivity index (χ2n) is 3.98. The fourth-order valence-electron chi connectivity index (χ4n) is 1.35. The van der Waals surface area contributed by atoms with E-state index in [2.05, 4.69) is 20.3 Å². The molecule has 0 aliphatic carbocycles. The van der Waals surface area contributed by atoms with Gasteiger partial charge in [-0.2, -0.15) is 0 Å². The normalized spacial score (nSPS) is 12.8. The highest BCUT2D eigenvalue weighted by molar-refractivity contribution is 5.96. The van der Waals surface area contributed by atoms with Gasteiger partial charge < -0.3 is 16.2 Å². The van der Waals surface area contributed by atoms with Gasteiger partial charge in [-0.15, -0.1) is 0 Å². The molecule has 7 nitrogen and oxygen atoms in total. The zero-order valence-electron chi connectivity index (χ0n) is 9.30. The first-order valence-corrected chi connectivity index (χ1v) is 5.04. The Labute approximate surface area is 93.0 Å². The number of aliphatic hydroxyl groups excluding tert-OH is 1. The highest BCUT2D eigenvalue weighted by atomic mass is 16.6. The standard InChI is InChI=1S/C9H16N4O3/c1-5(2)3-6(4-14)11-9(15)7-8(10)13-16-12-7/h5-6,14H,3-4H2,1-2H3,(H2,10,13)(H,11,15). The molecule has 0 spiro atoms. The predicted octanol–water partition coefficient (Wildman–Crippen LogP) is -0.211. The second kappa shape index (κ2) is 5.45. The molecular formula is C9H16N4O3. The molecule has 1 aromatic heterocycles. The molecule has 4 N–H and O–H groups in total. The van der Waals surface area contributed by atoms with Gasteiger partial charge in [0.1, 0.15) is 0 Å². The molecule has 1 unspecified atom stereocenters. The van der Waals surface area contributed by atoms with E-state index in [1.54, 1.807) is 0 Å². The van der Waals surface area contributed by atoms with Gasteiger partial charge in [-0.1, -0.05) is 13.8 Å². The van der Waals surface area contributed by atoms with E-state index in [0.29, 0.717) is 12.3 Å². The summed E-state index contributed by atoms with van der Waals surface area (Å²) in [4.78, 5) is 11.6. The first-order valence-electron chi connectivity index (χ1n) is 5.04. The molecule has 0 saturated heterocycles. The summed E-state index contributed by atoms with van der Waals surface area (Å²) < 4.78 is 4.31. The highest BCUT2D eigenvalue weighted by Gasteiger charge is 2.19. The van der Waals surface area contributed by atoms with Crippen molar-refractivity contribution in [1.29, 1.82) is 0 Å². The van der Waals surface area contributed by atoms with Crippen molar-refractivity contribution in [2.24, 2.45) is 5.92 Å². The maximum Gasteiger partial charge on any atom is 0.277 e. The predicted molar refractivity (Wildman–Crippen MR) is 56.5 cm³/mol. The van der Waals surface area contributed by atoms with E-state index < -0.39 is 5.91 Å². The van der Waals surface area contributed by atoms with Crippen molar-refractivity contribution in [3.63, 3.8) is 0 Å². The second-order valence-corrected chi connectivity index (χ2v) is 3.98. The summed E-state index contributed by atoms with van der Waals surface area (Å²) in [7, 11) is 0. The zero-order valence-corrected chi connectivity index (χ0v) is 9.30. The Morgan fingerprint density at radius 2 is 2.25 bits per heavy atom. The molecule has 0 saturated carbocycles. The van der Waals surface area contributed by atoms with Crippen LogP contribution in [0, 0.1) is 5.92 Å². The monoisotopic (exact) mass is 228 g/mol. The molecule has 7 heteroatoms. The van der Waals surface area contributed by atoms with Crippen molar-refractivity contribution in [1.82, 2.24) is 15.6 Å². The number of aliphatic hydroxyl groups is 1. The number of carbonyl (C=O) groups is 1. The quantitative estimate of drug-likeness (QED) is 0.642. The molecular weight excluding hydrogens is 212 g/mol. The summed E-state index contributed by atoms with van der Waals surface area (Å²) in [6.07, 6.45) is 0.674. The molecule has 1 heterocycles. The number of nitrogens with one attached hydrogen (secondary N) is 1. The number of hydrogen-bond acceptors (Lipinski definition) is 6. The van der Waals surface area contributed by atoms with Gasteiger partial charge in [-0.25, -0.2) is 4.63 Å². The summed E-state index contributed by atoms with van der Waals surface area (Å²) in [5, 5.41) is 18.4. The van der Waals surface area contributed by atoms with Crippen LogP contribution < -0.4 is 11.1 Å². The van der Waals surface area contributed by atoms with Crippen molar-refractivity contribution in [2.75, 3.05) is 12.3 Å². The lowest BCUT2D eigenvalue weighted by atomic mass is 10.0. The molecule has 1 rings (SSSR count). The number of rotatable bonds is 5. The third-order valence-corrected chi connectivity index (χ3v) is 2.04. The SMILES string of the molecule is CC(C)CC(CO)NC(=O)c1nonc1N. The molecule has 90 valence electrons. The van der Waals surface area contributed by atoms with Crippen LogP contribution in [0.1, 0.15) is 30.8 Å². The Kier molecular flexibility index (Phi) is 4.24. The Balaban J connectivity index is 2.59. The fraction of sp³-hybridized carbons (Fsp3) is 0.667. The van der Waals surface area contributed by atoms with Crippen LogP contribution in [-0.4, -0.2) is 34.0 Å². The number of aromatic nitrogens is 2. The summed E-state index contributed by atoms with van der Waals surface area (Å²) in [5.41, 5.74) is 5.32. The van der Waals surface area contributed by atoms with Crippen LogP contribution >= 0.6 is 0 Å². The minimum Gasteiger partial charge on any atom is -0.394 e. The number of nitrogens with zero attached hydrogens (tertiary/aromatic N) is 2. The van der Waals surface area contributed by atoms with E-state index >= 15 is 0 Å². The van der Waals surface area contributed by atoms with Crippen molar-refractivity contribution >= 4 is 11.7 Å². The van der Waals surface area contributed by atoms with E-state index in [9.17, 15) is 4.79 Å². The Bertz CT molecular complexity index is 350. The summed E-state index contributed by atoms with van der Waals surface area (Å²) in [5.74, 6) is -0.178. The lowest BCUT2D eigenvalue weighted by molar-refractivity contribution is 0.0899. The maximum atomic E-state index is 11.6. The minimum absolute atomic E-state index is 0.0535. The molecule has 0 aliphatic heterocycles. The first kappa shape index (κ1) is 12.4. The van der Waals surface area contributed by atoms with E-state index in [-0.39, 0.29) is 24.2 Å². The van der Waals surface area contributed by atoms with Crippen LogP contribution in [0.4, 0.5) is 5.82 Å². The first-order chi connectivity index (χ1) is 7.54. The number of amides is 1. The molecule has 0 bridgehead atoms. The molecule has 0 aromatic carbocycles. The van der Waals surface area contributed by atoms with Gasteiger partial charge in [0.25, 0.3) is 5.91 Å². The smallest absolute Gasteiger partial charge is 0.277 e. The van der Waals surface area contributed by atoms with Crippen molar-refractivity contribution in [3.05, 3.63) is 5.69 Å². The van der Waals surface area contributed by atoms with Crippen molar-refractivity contribution in [2.45, 2.75) is 26.3 Å². The van der Waals surface area contributed by atoms with Gasteiger partial charge in [0.2, 0.25) is 11.5 Å². The lowest BCUT2D eigenvalue weighted by Crippen LogP contribution is -2.38. The average molecular weight is 228 g/mol. The van der Waals surface area contributed by atoms with Crippen LogP contribution in [-0.2, 0) is 0 Å². The molecule has 1 amide bonds. The number of carbonyl (C=O) groups excluding carboxylic acids is 1. The number of anilines is 1. The highest BCUT2D eigenvalue weighted by Crippen LogP contribution is 2.07. The summed E-state index contributed by atoms with van der Waals surface area (Å²) >= 11 is 0.